The molecule has 0 saturated carbocycles. The third-order valence-electron chi connectivity index (χ3n) is 3.25. The van der Waals surface area contributed by atoms with Crippen LogP contribution in [0, 0.1) is 0 Å². The average molecular weight is 303 g/mol. The molecule has 21 heavy (non-hydrogen) atoms. The molecule has 0 heterocycles. The molecular weight excluding hydrogens is 294 g/mol. The van der Waals surface area contributed by atoms with Crippen molar-refractivity contribution in [1.29, 1.82) is 0 Å². The van der Waals surface area contributed by atoms with Crippen LogP contribution in [0.25, 0.3) is 0 Å². The van der Waals surface area contributed by atoms with Gasteiger partial charge in [-0.25, -0.2) is 4.21 Å². The normalized spacial score (nSPS) is 14.3. The smallest absolute Gasteiger partial charge is 0.259 e. The van der Waals surface area contributed by atoms with Crippen LogP contribution in [-0.2, 0) is 11.3 Å². The fraction of sp³-hybridized carbons (Fsp3) is 0. The van der Waals surface area contributed by atoms with Crippen LogP contribution < -0.4 is 4.72 Å². The molecule has 0 aliphatic heterocycles. The van der Waals surface area contributed by atoms with Crippen molar-refractivity contribution in [3.8, 4) is 5.75 Å². The van der Waals surface area contributed by atoms with Gasteiger partial charge in [0.05, 0.1) is 16.8 Å². The SMILES string of the molecule is O=C1c2cccc(NS(=O)O)c2C(=O)c2cccc(O)c21. The van der Waals surface area contributed by atoms with Crippen LogP contribution in [0.5, 0.6) is 5.75 Å². The van der Waals surface area contributed by atoms with Gasteiger partial charge in [-0.05, 0) is 12.1 Å². The first kappa shape index (κ1) is 13.5. The highest BCUT2D eigenvalue weighted by Gasteiger charge is 2.33. The van der Waals surface area contributed by atoms with Gasteiger partial charge in [-0.1, -0.05) is 24.3 Å². The molecule has 0 bridgehead atoms. The summed E-state index contributed by atoms with van der Waals surface area (Å²) in [7, 11) is 0. The molecular formula is C14H9NO5S. The Morgan fingerprint density at radius 2 is 1.48 bits per heavy atom. The summed E-state index contributed by atoms with van der Waals surface area (Å²) in [6.45, 7) is 0. The van der Waals surface area contributed by atoms with Crippen LogP contribution in [0.2, 0.25) is 0 Å². The van der Waals surface area contributed by atoms with E-state index in [9.17, 15) is 18.9 Å². The van der Waals surface area contributed by atoms with Crippen LogP contribution in [0.1, 0.15) is 31.8 Å². The lowest BCUT2D eigenvalue weighted by Crippen LogP contribution is -2.23. The molecule has 0 amide bonds. The summed E-state index contributed by atoms with van der Waals surface area (Å²) >= 11 is -2.37. The maximum atomic E-state index is 12.5. The molecule has 2 aromatic carbocycles. The summed E-state index contributed by atoms with van der Waals surface area (Å²) in [5, 5.41) is 9.81. The van der Waals surface area contributed by atoms with E-state index in [-0.39, 0.29) is 33.7 Å². The van der Waals surface area contributed by atoms with Crippen molar-refractivity contribution in [2.75, 3.05) is 4.72 Å². The topological polar surface area (TPSA) is 104 Å². The number of ketones is 2. The second kappa shape index (κ2) is 4.80. The standard InChI is InChI=1S/C14H9NO5S/c16-10-6-2-4-8-12(10)14(18)7-3-1-5-9(15-21(19)20)11(7)13(8)17/h1-6,15-16H,(H,19,20). The van der Waals surface area contributed by atoms with Gasteiger partial charge < -0.3 is 5.11 Å². The van der Waals surface area contributed by atoms with Crippen molar-refractivity contribution < 1.29 is 23.5 Å². The van der Waals surface area contributed by atoms with E-state index in [4.69, 9.17) is 4.55 Å². The Balaban J connectivity index is 2.28. The predicted octanol–water partition coefficient (Wildman–Crippen LogP) is 1.72. The number of aromatic hydroxyl groups is 1. The summed E-state index contributed by atoms with van der Waals surface area (Å²) in [6, 6.07) is 8.60. The average Bonchev–Trinajstić information content (AvgIpc) is 2.44. The molecule has 0 saturated heterocycles. The zero-order chi connectivity index (χ0) is 15.1. The Hall–Kier alpha value is -2.51. The van der Waals surface area contributed by atoms with Gasteiger partial charge in [0.15, 0.2) is 11.6 Å². The van der Waals surface area contributed by atoms with Gasteiger partial charge >= 0.3 is 0 Å². The Morgan fingerprint density at radius 1 is 0.905 bits per heavy atom. The molecule has 106 valence electrons. The highest BCUT2D eigenvalue weighted by molar-refractivity contribution is 7.80. The summed E-state index contributed by atoms with van der Waals surface area (Å²) in [5.41, 5.74) is 0.246. The van der Waals surface area contributed by atoms with Crippen molar-refractivity contribution in [3.05, 3.63) is 58.7 Å². The first-order valence-corrected chi connectivity index (χ1v) is 7.03. The molecule has 2 aromatic rings. The van der Waals surface area contributed by atoms with Crippen LogP contribution in [0.15, 0.2) is 36.4 Å². The minimum absolute atomic E-state index is 0.0306. The van der Waals surface area contributed by atoms with Crippen LogP contribution in [-0.4, -0.2) is 25.4 Å². The molecule has 1 aliphatic carbocycles. The Labute approximate surface area is 121 Å². The Kier molecular flexibility index (Phi) is 3.08. The minimum atomic E-state index is -2.37. The van der Waals surface area contributed by atoms with E-state index in [1.165, 1.54) is 36.4 Å². The molecule has 1 aliphatic rings. The molecule has 7 heteroatoms. The zero-order valence-electron chi connectivity index (χ0n) is 10.5. The molecule has 6 nitrogen and oxygen atoms in total. The van der Waals surface area contributed by atoms with Crippen molar-refractivity contribution in [1.82, 2.24) is 0 Å². The molecule has 1 unspecified atom stereocenters. The number of hydrogen-bond donors (Lipinski definition) is 3. The third-order valence-corrected chi connectivity index (χ3v) is 3.64. The number of carbonyl (C=O) groups excluding carboxylic acids is 2. The van der Waals surface area contributed by atoms with E-state index in [1.807, 2.05) is 0 Å². The largest absolute Gasteiger partial charge is 0.507 e. The second-order valence-corrected chi connectivity index (χ2v) is 5.14. The van der Waals surface area contributed by atoms with Crippen molar-refractivity contribution >= 4 is 28.5 Å². The minimum Gasteiger partial charge on any atom is -0.507 e. The van der Waals surface area contributed by atoms with Gasteiger partial charge in [-0.3, -0.25) is 18.9 Å². The lowest BCUT2D eigenvalue weighted by atomic mass is 9.83. The summed E-state index contributed by atoms with van der Waals surface area (Å²) in [4.78, 5) is 25.0. The van der Waals surface area contributed by atoms with E-state index in [0.29, 0.717) is 0 Å². The summed E-state index contributed by atoms with van der Waals surface area (Å²) < 4.78 is 22.1. The summed E-state index contributed by atoms with van der Waals surface area (Å²) in [6.07, 6.45) is 0. The number of carbonyl (C=O) groups is 2. The van der Waals surface area contributed by atoms with E-state index >= 15 is 0 Å². The Bertz CT molecular complexity index is 815. The van der Waals surface area contributed by atoms with E-state index in [2.05, 4.69) is 4.72 Å². The van der Waals surface area contributed by atoms with Gasteiger partial charge in [0.1, 0.15) is 5.75 Å². The number of benzene rings is 2. The van der Waals surface area contributed by atoms with E-state index < -0.39 is 22.8 Å². The molecule has 1 atom stereocenters. The van der Waals surface area contributed by atoms with Crippen LogP contribution in [0.4, 0.5) is 5.69 Å². The fourth-order valence-electron chi connectivity index (χ4n) is 2.40. The monoisotopic (exact) mass is 303 g/mol. The first-order chi connectivity index (χ1) is 10.0. The van der Waals surface area contributed by atoms with Gasteiger partial charge in [0.2, 0.25) is 0 Å². The van der Waals surface area contributed by atoms with E-state index in [0.717, 1.165) is 0 Å². The number of nitrogens with one attached hydrogen (secondary N) is 1. The third kappa shape index (κ3) is 2.03. The van der Waals surface area contributed by atoms with Gasteiger partial charge in [0, 0.05) is 11.1 Å². The number of phenols is 1. The predicted molar refractivity (Wildman–Crippen MR) is 75.8 cm³/mol. The number of fused-ring (bicyclic) bond motifs is 2. The van der Waals surface area contributed by atoms with Crippen LogP contribution >= 0.6 is 0 Å². The molecule has 0 radical (unpaired) electrons. The zero-order valence-corrected chi connectivity index (χ0v) is 11.3. The van der Waals surface area contributed by atoms with Crippen molar-refractivity contribution in [2.24, 2.45) is 0 Å². The molecule has 0 spiro atoms. The Morgan fingerprint density at radius 3 is 2.14 bits per heavy atom. The van der Waals surface area contributed by atoms with Crippen molar-refractivity contribution in [3.63, 3.8) is 0 Å². The fourth-order valence-corrected chi connectivity index (χ4v) is 2.76. The van der Waals surface area contributed by atoms with Crippen LogP contribution in [0.3, 0.4) is 0 Å². The highest BCUT2D eigenvalue weighted by Crippen LogP contribution is 2.35. The van der Waals surface area contributed by atoms with Gasteiger partial charge in [0.25, 0.3) is 11.3 Å². The maximum absolute atomic E-state index is 12.5. The number of anilines is 1. The molecule has 0 fully saturated rings. The number of hydrogen-bond acceptors (Lipinski definition) is 4. The maximum Gasteiger partial charge on any atom is 0.259 e. The lowest BCUT2D eigenvalue weighted by Gasteiger charge is -2.20. The van der Waals surface area contributed by atoms with E-state index in [1.54, 1.807) is 0 Å². The number of rotatable bonds is 2. The van der Waals surface area contributed by atoms with Crippen molar-refractivity contribution in [2.45, 2.75) is 0 Å². The summed E-state index contributed by atoms with van der Waals surface area (Å²) in [5.74, 6) is -1.24. The van der Waals surface area contributed by atoms with Gasteiger partial charge in [-0.15, -0.1) is 0 Å². The highest BCUT2D eigenvalue weighted by atomic mass is 32.2. The quantitative estimate of drug-likeness (QED) is 0.625. The molecule has 0 aromatic heterocycles. The lowest BCUT2D eigenvalue weighted by molar-refractivity contribution is 0.0977. The number of phenolic OH excluding ortho intramolecular Hbond substituents is 1. The molecule has 3 rings (SSSR count). The molecule has 3 N–H and O–H groups in total. The van der Waals surface area contributed by atoms with Gasteiger partial charge in [-0.2, -0.15) is 0 Å². The second-order valence-electron chi connectivity index (χ2n) is 4.44. The first-order valence-electron chi connectivity index (χ1n) is 5.92.